The molecule has 1 aliphatic rings. The van der Waals surface area contributed by atoms with Crippen molar-refractivity contribution in [1.82, 2.24) is 0 Å². The second-order valence-corrected chi connectivity index (χ2v) is 2.29. The number of rotatable bonds is 0. The molecule has 0 aromatic rings. The second-order valence-electron chi connectivity index (χ2n) is 1.03. The van der Waals surface area contributed by atoms with Crippen molar-refractivity contribution in [1.29, 1.82) is 0 Å². The fraction of sp³-hybridized carbons (Fsp3) is 0.333. The Bertz CT molecular complexity index is 97.0. The Morgan fingerprint density at radius 2 is 2.67 bits per heavy atom. The molecule has 6 heavy (non-hydrogen) atoms. The van der Waals surface area contributed by atoms with Gasteiger partial charge in [0.15, 0.2) is 0 Å². The molecule has 34 valence electrons. The van der Waals surface area contributed by atoms with Crippen LogP contribution in [0, 0.1) is 0 Å². The summed E-state index contributed by atoms with van der Waals surface area (Å²) in [7, 11) is -1.69. The highest BCUT2D eigenvalue weighted by molar-refractivity contribution is 7.43. The summed E-state index contributed by atoms with van der Waals surface area (Å²) in [6.45, 7) is 0.539. The number of hydrogen-bond donors (Lipinski definition) is 0. The van der Waals surface area contributed by atoms with Crippen LogP contribution in [0.4, 0.5) is 0 Å². The molecule has 0 aromatic heterocycles. The van der Waals surface area contributed by atoms with Crippen molar-refractivity contribution in [3.05, 3.63) is 11.9 Å². The van der Waals surface area contributed by atoms with Crippen LogP contribution in [0.1, 0.15) is 0 Å². The van der Waals surface area contributed by atoms with E-state index in [0.717, 1.165) is 0 Å². The summed E-state index contributed by atoms with van der Waals surface area (Å²) in [6, 6.07) is 0. The monoisotopic (exact) mass is 104 g/mol. The molecule has 0 N–H and O–H groups in total. The van der Waals surface area contributed by atoms with Gasteiger partial charge < -0.3 is 4.52 Å². The highest BCUT2D eigenvalue weighted by Crippen LogP contribution is 2.27. The van der Waals surface area contributed by atoms with Crippen LogP contribution in [0.2, 0.25) is 0 Å². The average molecular weight is 104 g/mol. The third-order valence-electron chi connectivity index (χ3n) is 0.576. The summed E-state index contributed by atoms with van der Waals surface area (Å²) in [5, 5.41) is 0. The molecule has 3 heteroatoms. The van der Waals surface area contributed by atoms with Crippen molar-refractivity contribution in [2.45, 2.75) is 0 Å². The van der Waals surface area contributed by atoms with Gasteiger partial charge in [-0.2, -0.15) is 0 Å². The maximum atomic E-state index is 10.1. The van der Waals surface area contributed by atoms with Crippen molar-refractivity contribution in [3.8, 4) is 0 Å². The lowest BCUT2D eigenvalue weighted by Gasteiger charge is -1.79. The highest BCUT2D eigenvalue weighted by Gasteiger charge is 1.95. The molecule has 1 aliphatic heterocycles. The van der Waals surface area contributed by atoms with Crippen molar-refractivity contribution in [2.24, 2.45) is 0 Å². The third-order valence-corrected chi connectivity index (χ3v) is 1.53. The van der Waals surface area contributed by atoms with Gasteiger partial charge in [0.05, 0.1) is 6.61 Å². The lowest BCUT2D eigenvalue weighted by atomic mass is 10.7. The zero-order valence-corrected chi connectivity index (χ0v) is 4.18. The minimum absolute atomic E-state index is 0.539. The standard InChI is InChI=1S/C3H5O2P/c4-6-3-1-2-5-6/h1,3,6H,2H2. The van der Waals surface area contributed by atoms with Gasteiger partial charge in [-0.15, -0.1) is 0 Å². The summed E-state index contributed by atoms with van der Waals surface area (Å²) in [4.78, 5) is 0. The van der Waals surface area contributed by atoms with E-state index in [0.29, 0.717) is 6.61 Å². The van der Waals surface area contributed by atoms with E-state index in [1.165, 1.54) is 0 Å². The molecule has 0 radical (unpaired) electrons. The number of hydrogen-bond acceptors (Lipinski definition) is 2. The first kappa shape index (κ1) is 4.10. The molecule has 2 nitrogen and oxygen atoms in total. The van der Waals surface area contributed by atoms with Gasteiger partial charge in [-0.3, -0.25) is 4.57 Å². The van der Waals surface area contributed by atoms with Gasteiger partial charge >= 0.3 is 0 Å². The van der Waals surface area contributed by atoms with Gasteiger partial charge in [-0.25, -0.2) is 0 Å². The van der Waals surface area contributed by atoms with E-state index in [-0.39, 0.29) is 0 Å². The van der Waals surface area contributed by atoms with E-state index < -0.39 is 8.03 Å². The normalized spacial score (nSPS) is 31.7. The van der Waals surface area contributed by atoms with Gasteiger partial charge in [0.2, 0.25) is 8.03 Å². The molecule has 0 spiro atoms. The summed E-state index contributed by atoms with van der Waals surface area (Å²) >= 11 is 0. The van der Waals surface area contributed by atoms with Crippen LogP contribution in [0.5, 0.6) is 0 Å². The Kier molecular flexibility index (Phi) is 1.08. The van der Waals surface area contributed by atoms with Gasteiger partial charge in [-0.05, 0) is 5.82 Å². The Morgan fingerprint density at radius 1 is 1.83 bits per heavy atom. The molecular formula is C3H5O2P. The summed E-state index contributed by atoms with van der Waals surface area (Å²) in [6.07, 6.45) is 1.77. The van der Waals surface area contributed by atoms with Crippen LogP contribution in [-0.4, -0.2) is 6.61 Å². The van der Waals surface area contributed by atoms with Gasteiger partial charge in [0, 0.05) is 0 Å². The summed E-state index contributed by atoms with van der Waals surface area (Å²) < 4.78 is 14.7. The molecule has 1 unspecified atom stereocenters. The fourth-order valence-corrected chi connectivity index (χ4v) is 0.968. The van der Waals surface area contributed by atoms with Crippen LogP contribution in [0.3, 0.4) is 0 Å². The predicted octanol–water partition coefficient (Wildman–Crippen LogP) is 1.00. The first-order valence-corrected chi connectivity index (χ1v) is 3.12. The first-order valence-electron chi connectivity index (χ1n) is 1.73. The van der Waals surface area contributed by atoms with E-state index in [1.807, 2.05) is 0 Å². The molecular weight excluding hydrogens is 99.0 g/mol. The van der Waals surface area contributed by atoms with Crippen LogP contribution in [0.25, 0.3) is 0 Å². The Morgan fingerprint density at radius 3 is 2.83 bits per heavy atom. The van der Waals surface area contributed by atoms with Crippen molar-refractivity contribution < 1.29 is 9.09 Å². The third kappa shape index (κ3) is 0.703. The second kappa shape index (κ2) is 1.59. The maximum absolute atomic E-state index is 10.1. The van der Waals surface area contributed by atoms with E-state index in [4.69, 9.17) is 0 Å². The zero-order chi connectivity index (χ0) is 4.41. The van der Waals surface area contributed by atoms with E-state index in [2.05, 4.69) is 4.52 Å². The van der Waals surface area contributed by atoms with Crippen molar-refractivity contribution >= 4 is 8.03 Å². The topological polar surface area (TPSA) is 26.3 Å². The van der Waals surface area contributed by atoms with Crippen LogP contribution in [0.15, 0.2) is 11.9 Å². The molecule has 1 atom stereocenters. The van der Waals surface area contributed by atoms with Crippen LogP contribution < -0.4 is 0 Å². The molecule has 0 saturated heterocycles. The smallest absolute Gasteiger partial charge is 0.213 e. The maximum Gasteiger partial charge on any atom is 0.213 e. The SMILES string of the molecule is O=[PH]1C=CCO1. The Labute approximate surface area is 36.7 Å². The average Bonchev–Trinajstić information content (AvgIpc) is 1.86. The van der Waals surface area contributed by atoms with Gasteiger partial charge in [0.1, 0.15) is 0 Å². The summed E-state index contributed by atoms with van der Waals surface area (Å²) in [5.41, 5.74) is 0. The Hall–Kier alpha value is -0.0700. The minimum Gasteiger partial charge on any atom is -0.323 e. The summed E-state index contributed by atoms with van der Waals surface area (Å²) in [5.74, 6) is 1.60. The van der Waals surface area contributed by atoms with Crippen LogP contribution >= 0.6 is 8.03 Å². The predicted molar refractivity (Wildman–Crippen MR) is 24.1 cm³/mol. The molecule has 1 heterocycles. The molecule has 0 aliphatic carbocycles. The zero-order valence-electron chi connectivity index (χ0n) is 3.18. The molecule has 1 rings (SSSR count). The van der Waals surface area contributed by atoms with E-state index >= 15 is 0 Å². The molecule has 0 bridgehead atoms. The lowest BCUT2D eigenvalue weighted by Crippen LogP contribution is -1.65. The van der Waals surface area contributed by atoms with Crippen molar-refractivity contribution in [2.75, 3.05) is 6.61 Å². The van der Waals surface area contributed by atoms with Gasteiger partial charge in [-0.1, -0.05) is 6.08 Å². The van der Waals surface area contributed by atoms with Gasteiger partial charge in [0.25, 0.3) is 0 Å². The molecule has 0 saturated carbocycles. The quantitative estimate of drug-likeness (QED) is 0.428. The van der Waals surface area contributed by atoms with E-state index in [9.17, 15) is 4.57 Å². The Balaban J connectivity index is 2.59. The molecule has 0 fully saturated rings. The van der Waals surface area contributed by atoms with Crippen molar-refractivity contribution in [3.63, 3.8) is 0 Å². The van der Waals surface area contributed by atoms with E-state index in [1.54, 1.807) is 11.9 Å². The largest absolute Gasteiger partial charge is 0.323 e. The minimum atomic E-state index is -1.69. The lowest BCUT2D eigenvalue weighted by molar-refractivity contribution is 0.388. The highest BCUT2D eigenvalue weighted by atomic mass is 31.1. The van der Waals surface area contributed by atoms with Crippen LogP contribution in [-0.2, 0) is 9.09 Å². The molecule has 0 amide bonds. The fourth-order valence-electron chi connectivity index (χ4n) is 0.323. The molecule has 0 aromatic carbocycles. The first-order chi connectivity index (χ1) is 2.89.